The van der Waals surface area contributed by atoms with Gasteiger partial charge in [0, 0.05) is 72.8 Å². The van der Waals surface area contributed by atoms with Crippen LogP contribution in [0.15, 0.2) is 42.5 Å². The lowest BCUT2D eigenvalue weighted by molar-refractivity contribution is -0.136. The molecule has 2 aromatic carbocycles. The third kappa shape index (κ3) is 5.34. The maximum absolute atomic E-state index is 13.2. The number of hydrogen-bond acceptors (Lipinski definition) is 7. The van der Waals surface area contributed by atoms with Gasteiger partial charge in [-0.1, -0.05) is 39.5 Å². The highest BCUT2D eigenvalue weighted by Crippen LogP contribution is 2.54. The Balaban J connectivity index is 0.795. The Morgan fingerprint density at radius 2 is 1.57 bits per heavy atom. The van der Waals surface area contributed by atoms with E-state index in [2.05, 4.69) is 60.0 Å². The average Bonchev–Trinajstić information content (AvgIpc) is 3.23. The highest BCUT2D eigenvalue weighted by Gasteiger charge is 2.56. The summed E-state index contributed by atoms with van der Waals surface area (Å²) in [5.74, 6) is 5.15. The van der Waals surface area contributed by atoms with Gasteiger partial charge in [-0.25, -0.2) is 0 Å². The van der Waals surface area contributed by atoms with Crippen molar-refractivity contribution in [2.75, 3.05) is 31.1 Å². The van der Waals surface area contributed by atoms with Crippen LogP contribution in [0.25, 0.3) is 0 Å². The van der Waals surface area contributed by atoms with Gasteiger partial charge in [-0.05, 0) is 79.0 Å². The predicted molar refractivity (Wildman–Crippen MR) is 183 cm³/mol. The van der Waals surface area contributed by atoms with Crippen molar-refractivity contribution in [3.8, 4) is 11.8 Å². The van der Waals surface area contributed by atoms with E-state index in [0.717, 1.165) is 61.6 Å². The predicted octanol–water partition coefficient (Wildman–Crippen LogP) is 3.59. The standard InChI is InChI=1S/C39H43N5O5/c1-37(2)20-38(3,4)36(37)41-32(46)25-9-7-23(8-10-25)5-6-24-18-42(19-24)27-16-39(17-27)21-43(22-39)26-11-12-28-29(15-26)35(49)44(34(28)48)30-13-14-31(45)40-33(30)47/h7-12,15,24,27,30,36H,13-14,16-22H2,1-4H3,(H,41,46)(H,40,45,47). The van der Waals surface area contributed by atoms with Gasteiger partial charge in [-0.15, -0.1) is 0 Å². The van der Waals surface area contributed by atoms with Gasteiger partial charge in [0.1, 0.15) is 6.04 Å². The number of rotatable bonds is 5. The second-order valence-corrected chi connectivity index (χ2v) is 16.7. The summed E-state index contributed by atoms with van der Waals surface area (Å²) in [7, 11) is 0. The molecule has 254 valence electrons. The number of nitrogens with one attached hydrogen (secondary N) is 2. The molecule has 4 aliphatic heterocycles. The zero-order chi connectivity index (χ0) is 34.5. The van der Waals surface area contributed by atoms with Gasteiger partial charge in [0.2, 0.25) is 11.8 Å². The van der Waals surface area contributed by atoms with E-state index < -0.39 is 23.8 Å². The molecular formula is C39H43N5O5. The van der Waals surface area contributed by atoms with Crippen LogP contribution in [0.2, 0.25) is 0 Å². The first kappa shape index (κ1) is 31.8. The number of anilines is 1. The molecule has 2 N–H and O–H groups in total. The molecule has 10 nitrogen and oxygen atoms in total. The minimum Gasteiger partial charge on any atom is -0.370 e. The molecule has 1 unspecified atom stereocenters. The van der Waals surface area contributed by atoms with E-state index >= 15 is 0 Å². The summed E-state index contributed by atoms with van der Waals surface area (Å²) in [6.07, 6.45) is 3.64. The number of imide groups is 2. The highest BCUT2D eigenvalue weighted by atomic mass is 16.2. The van der Waals surface area contributed by atoms with E-state index in [9.17, 15) is 24.0 Å². The number of nitrogens with zero attached hydrogens (tertiary/aromatic N) is 3. The van der Waals surface area contributed by atoms with Crippen LogP contribution < -0.4 is 15.5 Å². The van der Waals surface area contributed by atoms with Crippen molar-refractivity contribution in [3.63, 3.8) is 0 Å². The molecule has 2 aromatic rings. The molecule has 0 aromatic heterocycles. The molecule has 6 aliphatic rings. The smallest absolute Gasteiger partial charge is 0.262 e. The molecular weight excluding hydrogens is 618 g/mol. The Labute approximate surface area is 286 Å². The lowest BCUT2D eigenvalue weighted by Crippen LogP contribution is -2.69. The molecule has 10 heteroatoms. The molecule has 2 aliphatic carbocycles. The van der Waals surface area contributed by atoms with E-state index in [1.807, 2.05) is 30.3 Å². The molecule has 5 amide bonds. The van der Waals surface area contributed by atoms with Crippen LogP contribution in [0.4, 0.5) is 5.69 Å². The van der Waals surface area contributed by atoms with Crippen molar-refractivity contribution >= 4 is 35.2 Å². The van der Waals surface area contributed by atoms with E-state index in [0.29, 0.717) is 28.7 Å². The molecule has 2 saturated carbocycles. The van der Waals surface area contributed by atoms with Gasteiger partial charge in [-0.3, -0.25) is 39.1 Å². The monoisotopic (exact) mass is 661 g/mol. The number of likely N-dealkylation sites (tertiary alicyclic amines) is 1. The van der Waals surface area contributed by atoms with Crippen LogP contribution >= 0.6 is 0 Å². The molecule has 49 heavy (non-hydrogen) atoms. The quantitative estimate of drug-likeness (QED) is 0.372. The van der Waals surface area contributed by atoms with Crippen molar-refractivity contribution < 1.29 is 24.0 Å². The minimum absolute atomic E-state index is 0.0231. The molecule has 0 bridgehead atoms. The van der Waals surface area contributed by atoms with Gasteiger partial charge in [0.05, 0.1) is 11.1 Å². The van der Waals surface area contributed by atoms with Crippen molar-refractivity contribution in [1.82, 2.24) is 20.4 Å². The van der Waals surface area contributed by atoms with Crippen molar-refractivity contribution in [2.45, 2.75) is 77.9 Å². The highest BCUT2D eigenvalue weighted by molar-refractivity contribution is 6.23. The number of hydrogen-bond donors (Lipinski definition) is 2. The fourth-order valence-electron chi connectivity index (χ4n) is 9.76. The van der Waals surface area contributed by atoms with Crippen LogP contribution in [-0.4, -0.2) is 83.6 Å². The molecule has 1 spiro atoms. The minimum atomic E-state index is -0.955. The normalized spacial score (nSPS) is 26.9. The topological polar surface area (TPSA) is 119 Å². The lowest BCUT2D eigenvalue weighted by atomic mass is 9.52. The number of fused-ring (bicyclic) bond motifs is 1. The Bertz CT molecular complexity index is 1840. The number of piperidine rings is 1. The van der Waals surface area contributed by atoms with Gasteiger partial charge in [-0.2, -0.15) is 0 Å². The SMILES string of the molecule is CC1(C)CC(C)(C)C1NC(=O)c1ccc(C#CC2CN(C3CC4(C3)CN(c3ccc5c(c3)C(=O)N(C3CCC(=O)NC3=O)C5=O)C4)C2)cc1. The first-order valence-electron chi connectivity index (χ1n) is 17.5. The third-order valence-electron chi connectivity index (χ3n) is 11.9. The molecule has 0 radical (unpaired) electrons. The van der Waals surface area contributed by atoms with Gasteiger partial charge in [0.15, 0.2) is 0 Å². The number of benzene rings is 2. The summed E-state index contributed by atoms with van der Waals surface area (Å²) in [6, 6.07) is 12.8. The second-order valence-electron chi connectivity index (χ2n) is 16.7. The van der Waals surface area contributed by atoms with E-state index in [1.54, 1.807) is 12.1 Å². The van der Waals surface area contributed by atoms with Gasteiger partial charge >= 0.3 is 0 Å². The Morgan fingerprint density at radius 3 is 2.22 bits per heavy atom. The Morgan fingerprint density at radius 1 is 0.898 bits per heavy atom. The van der Waals surface area contributed by atoms with Gasteiger partial charge in [0.25, 0.3) is 17.7 Å². The van der Waals surface area contributed by atoms with Crippen LogP contribution in [0.5, 0.6) is 0 Å². The number of carbonyl (C=O) groups excluding carboxylic acids is 5. The summed E-state index contributed by atoms with van der Waals surface area (Å²) in [6.45, 7) is 12.6. The average molecular weight is 662 g/mol. The molecule has 8 rings (SSSR count). The maximum Gasteiger partial charge on any atom is 0.262 e. The molecule has 1 atom stereocenters. The van der Waals surface area contributed by atoms with Crippen molar-refractivity contribution in [1.29, 1.82) is 0 Å². The van der Waals surface area contributed by atoms with E-state index in [4.69, 9.17) is 0 Å². The van der Waals surface area contributed by atoms with Crippen LogP contribution in [0.3, 0.4) is 0 Å². The van der Waals surface area contributed by atoms with Crippen molar-refractivity contribution in [3.05, 3.63) is 64.7 Å². The summed E-state index contributed by atoms with van der Waals surface area (Å²) >= 11 is 0. The second kappa shape index (κ2) is 11.0. The molecule has 3 saturated heterocycles. The van der Waals surface area contributed by atoms with Crippen LogP contribution in [-0.2, 0) is 9.59 Å². The van der Waals surface area contributed by atoms with Crippen molar-refractivity contribution in [2.24, 2.45) is 22.2 Å². The zero-order valence-electron chi connectivity index (χ0n) is 28.6. The van der Waals surface area contributed by atoms with Gasteiger partial charge < -0.3 is 10.2 Å². The summed E-state index contributed by atoms with van der Waals surface area (Å²) in [5, 5.41) is 5.49. The van der Waals surface area contributed by atoms with E-state index in [-0.39, 0.29) is 46.9 Å². The molecule has 5 fully saturated rings. The van der Waals surface area contributed by atoms with E-state index in [1.165, 1.54) is 0 Å². The number of amides is 5. The fourth-order valence-corrected chi connectivity index (χ4v) is 9.76. The fraction of sp³-hybridized carbons (Fsp3) is 0.513. The maximum atomic E-state index is 13.2. The summed E-state index contributed by atoms with van der Waals surface area (Å²) < 4.78 is 0. The first-order valence-corrected chi connectivity index (χ1v) is 17.5. The summed E-state index contributed by atoms with van der Waals surface area (Å²) in [4.78, 5) is 68.9. The van der Waals surface area contributed by atoms with Crippen LogP contribution in [0.1, 0.15) is 96.4 Å². The largest absolute Gasteiger partial charge is 0.370 e. The summed E-state index contributed by atoms with van der Waals surface area (Å²) in [5.41, 5.74) is 3.66. The third-order valence-corrected chi connectivity index (χ3v) is 11.9. The Hall–Kier alpha value is -4.49. The lowest BCUT2D eigenvalue weighted by Gasteiger charge is -2.63. The first-order chi connectivity index (χ1) is 23.2. The zero-order valence-corrected chi connectivity index (χ0v) is 28.6. The van der Waals surface area contributed by atoms with Crippen LogP contribution in [0, 0.1) is 34.0 Å². The number of carbonyl (C=O) groups is 5. The molecule has 4 heterocycles. The Kier molecular flexibility index (Phi) is 7.14.